The van der Waals surface area contributed by atoms with Crippen LogP contribution in [0, 0.1) is 0 Å². The minimum absolute atomic E-state index is 0.0846. The van der Waals surface area contributed by atoms with Gasteiger partial charge >= 0.3 is 17.7 Å². The lowest BCUT2D eigenvalue weighted by Gasteiger charge is -2.15. The van der Waals surface area contributed by atoms with Gasteiger partial charge in [-0.2, -0.15) is 8.78 Å². The van der Waals surface area contributed by atoms with Gasteiger partial charge in [0.1, 0.15) is 5.00 Å². The summed E-state index contributed by atoms with van der Waals surface area (Å²) >= 11 is 5.66. The molecule has 29 heavy (non-hydrogen) atoms. The number of carbonyl (C=O) groups is 2. The Bertz CT molecular complexity index is 956. The van der Waals surface area contributed by atoms with Gasteiger partial charge < -0.3 is 15.4 Å². The Morgan fingerprint density at radius 2 is 1.76 bits per heavy atom. The average molecular weight is 455 g/mol. The summed E-state index contributed by atoms with van der Waals surface area (Å²) in [6.07, 6.45) is -3.21. The molecule has 0 saturated heterocycles. The Labute approximate surface area is 169 Å². The number of alkyl halides is 6. The minimum atomic E-state index is -4.98. The third-order valence-corrected chi connectivity index (χ3v) is 5.37. The van der Waals surface area contributed by atoms with Crippen LogP contribution in [0.15, 0.2) is 24.3 Å². The van der Waals surface area contributed by atoms with Crippen molar-refractivity contribution < 1.29 is 36.3 Å². The molecule has 0 saturated carbocycles. The molecule has 1 heterocycles. The maximum Gasteiger partial charge on any atom is 0.573 e. The van der Waals surface area contributed by atoms with Crippen molar-refractivity contribution in [2.75, 3.05) is 10.6 Å². The van der Waals surface area contributed by atoms with E-state index in [0.717, 1.165) is 28.7 Å². The van der Waals surface area contributed by atoms with E-state index in [0.29, 0.717) is 18.4 Å². The van der Waals surface area contributed by atoms with Crippen molar-refractivity contribution in [2.45, 2.75) is 31.0 Å². The van der Waals surface area contributed by atoms with E-state index >= 15 is 0 Å². The number of benzene rings is 1. The fourth-order valence-corrected chi connectivity index (χ4v) is 4.20. The van der Waals surface area contributed by atoms with E-state index in [1.807, 2.05) is 5.32 Å². The molecule has 12 heteroatoms. The number of fused-ring (bicyclic) bond motifs is 1. The molecule has 1 aliphatic carbocycles. The van der Waals surface area contributed by atoms with E-state index < -0.39 is 29.3 Å². The smallest absolute Gasteiger partial charge is 0.404 e. The normalized spacial score (nSPS) is 13.7. The zero-order chi connectivity index (χ0) is 21.4. The van der Waals surface area contributed by atoms with Crippen LogP contribution in [0.4, 0.5) is 32.6 Å². The van der Waals surface area contributed by atoms with Crippen LogP contribution in [0.1, 0.15) is 27.2 Å². The molecule has 2 amide bonds. The maximum absolute atomic E-state index is 13.0. The van der Waals surface area contributed by atoms with Crippen LogP contribution >= 0.6 is 22.9 Å². The fraction of sp³-hybridized carbons (Fsp3) is 0.294. The lowest BCUT2D eigenvalue weighted by atomic mass is 10.1. The Morgan fingerprint density at radius 1 is 1.07 bits per heavy atom. The van der Waals surface area contributed by atoms with Crippen LogP contribution in [0.2, 0.25) is 0 Å². The standard InChI is InChI=1S/C17H12ClF5N2O3S/c18-16(19,20)15(27)25-14-12(8-4-3-7-11(8)29-14)13(26)24-9-5-1-2-6-10(9)28-17(21,22)23/h1-2,5-6H,3-4,7H2,(H,24,26)(H,25,27). The molecule has 3 rings (SSSR count). The van der Waals surface area contributed by atoms with Gasteiger partial charge in [-0.1, -0.05) is 12.1 Å². The van der Waals surface area contributed by atoms with Gasteiger partial charge in [0, 0.05) is 4.88 Å². The molecule has 5 nitrogen and oxygen atoms in total. The number of rotatable bonds is 5. The van der Waals surface area contributed by atoms with Gasteiger partial charge in [0.15, 0.2) is 5.75 Å². The van der Waals surface area contributed by atoms with E-state index in [2.05, 4.69) is 10.1 Å². The van der Waals surface area contributed by atoms with Crippen LogP contribution < -0.4 is 15.4 Å². The summed E-state index contributed by atoms with van der Waals surface area (Å²) in [5.74, 6) is -3.32. The molecular weight excluding hydrogens is 443 g/mol. The van der Waals surface area contributed by atoms with Crippen molar-refractivity contribution in [3.63, 3.8) is 0 Å². The van der Waals surface area contributed by atoms with Crippen LogP contribution in [-0.4, -0.2) is 23.6 Å². The second kappa shape index (κ2) is 7.79. The van der Waals surface area contributed by atoms with Crippen LogP contribution in [-0.2, 0) is 17.6 Å². The number of anilines is 2. The highest BCUT2D eigenvalue weighted by Gasteiger charge is 2.38. The summed E-state index contributed by atoms with van der Waals surface area (Å²) in [5.41, 5.74) is 0.196. The van der Waals surface area contributed by atoms with Crippen molar-refractivity contribution in [1.29, 1.82) is 0 Å². The van der Waals surface area contributed by atoms with Crippen molar-refractivity contribution in [2.24, 2.45) is 0 Å². The summed E-state index contributed by atoms with van der Waals surface area (Å²) < 4.78 is 67.6. The number of aryl methyl sites for hydroxylation is 1. The van der Waals surface area contributed by atoms with E-state index in [1.54, 1.807) is 0 Å². The quantitative estimate of drug-likeness (QED) is 0.484. The van der Waals surface area contributed by atoms with Crippen LogP contribution in [0.5, 0.6) is 5.75 Å². The molecule has 0 bridgehead atoms. The first kappa shape index (κ1) is 21.3. The first-order valence-electron chi connectivity index (χ1n) is 8.14. The van der Waals surface area contributed by atoms with Gasteiger partial charge in [-0.05, 0) is 48.6 Å². The predicted octanol–water partition coefficient (Wildman–Crippen LogP) is 5.16. The molecule has 0 atom stereocenters. The molecule has 0 fully saturated rings. The third-order valence-electron chi connectivity index (χ3n) is 3.99. The number of ether oxygens (including phenoxy) is 1. The zero-order valence-electron chi connectivity index (χ0n) is 14.3. The Balaban J connectivity index is 1.92. The summed E-state index contributed by atoms with van der Waals surface area (Å²) in [6, 6.07) is 4.87. The van der Waals surface area contributed by atoms with Gasteiger partial charge in [0.2, 0.25) is 0 Å². The Morgan fingerprint density at radius 3 is 2.41 bits per heavy atom. The Hall–Kier alpha value is -2.40. The summed E-state index contributed by atoms with van der Waals surface area (Å²) in [5, 5.41) is -0.118. The maximum atomic E-state index is 13.0. The molecular formula is C17H12ClF5N2O3S. The molecule has 0 unspecified atom stereocenters. The minimum Gasteiger partial charge on any atom is -0.404 e. The van der Waals surface area contributed by atoms with Gasteiger partial charge in [-0.25, -0.2) is 0 Å². The number of halogens is 6. The largest absolute Gasteiger partial charge is 0.573 e. The second-order valence-electron chi connectivity index (χ2n) is 6.01. The molecule has 1 aliphatic rings. The van der Waals surface area contributed by atoms with Crippen LogP contribution in [0.3, 0.4) is 0 Å². The van der Waals surface area contributed by atoms with Gasteiger partial charge in [-0.3, -0.25) is 9.59 Å². The Kier molecular flexibility index (Phi) is 5.72. The molecule has 2 aromatic rings. The van der Waals surface area contributed by atoms with E-state index in [1.165, 1.54) is 18.2 Å². The van der Waals surface area contributed by atoms with Crippen molar-refractivity contribution in [1.82, 2.24) is 0 Å². The summed E-state index contributed by atoms with van der Waals surface area (Å²) in [6.45, 7) is 0. The number of carbonyl (C=O) groups excluding carboxylic acids is 2. The first-order chi connectivity index (χ1) is 13.5. The van der Waals surface area contributed by atoms with Crippen molar-refractivity contribution in [3.8, 4) is 5.75 Å². The topological polar surface area (TPSA) is 67.4 Å². The summed E-state index contributed by atoms with van der Waals surface area (Å²) in [7, 11) is 0. The predicted molar refractivity (Wildman–Crippen MR) is 96.9 cm³/mol. The van der Waals surface area contributed by atoms with Crippen molar-refractivity contribution >= 4 is 45.4 Å². The van der Waals surface area contributed by atoms with Gasteiger partial charge in [0.05, 0.1) is 11.3 Å². The molecule has 156 valence electrons. The first-order valence-corrected chi connectivity index (χ1v) is 9.34. The molecule has 2 N–H and O–H groups in total. The van der Waals surface area contributed by atoms with E-state index in [-0.39, 0.29) is 16.3 Å². The fourth-order valence-electron chi connectivity index (χ4n) is 2.87. The number of para-hydroxylation sites is 2. The molecule has 1 aromatic carbocycles. The highest BCUT2D eigenvalue weighted by Crippen LogP contribution is 2.40. The zero-order valence-corrected chi connectivity index (χ0v) is 15.9. The van der Waals surface area contributed by atoms with Crippen LogP contribution in [0.25, 0.3) is 0 Å². The highest BCUT2D eigenvalue weighted by molar-refractivity contribution is 7.17. The SMILES string of the molecule is O=C(Nc1ccccc1OC(F)(F)F)c1c(NC(=O)C(F)(F)Cl)sc2c1CCC2. The number of hydrogen-bond acceptors (Lipinski definition) is 4. The van der Waals surface area contributed by atoms with Gasteiger partial charge in [0.25, 0.3) is 5.91 Å². The van der Waals surface area contributed by atoms with Gasteiger partial charge in [-0.15, -0.1) is 24.5 Å². The number of amides is 2. The summed E-state index contributed by atoms with van der Waals surface area (Å²) in [4.78, 5) is 25.1. The highest BCUT2D eigenvalue weighted by atomic mass is 35.5. The molecule has 0 radical (unpaired) electrons. The molecule has 0 spiro atoms. The number of nitrogens with one attached hydrogen (secondary N) is 2. The van der Waals surface area contributed by atoms with E-state index in [4.69, 9.17) is 11.6 Å². The lowest BCUT2D eigenvalue weighted by molar-refractivity contribution is -0.274. The lowest BCUT2D eigenvalue weighted by Crippen LogP contribution is -2.29. The molecule has 0 aliphatic heterocycles. The van der Waals surface area contributed by atoms with E-state index in [9.17, 15) is 31.5 Å². The van der Waals surface area contributed by atoms with Crippen molar-refractivity contribution in [3.05, 3.63) is 40.3 Å². The number of hydrogen-bond donors (Lipinski definition) is 2. The number of thiophene rings is 1. The molecule has 1 aromatic heterocycles. The average Bonchev–Trinajstić information content (AvgIpc) is 3.14. The monoisotopic (exact) mass is 454 g/mol. The third kappa shape index (κ3) is 4.96. The second-order valence-corrected chi connectivity index (χ2v) is 7.59.